The summed E-state index contributed by atoms with van der Waals surface area (Å²) in [6, 6.07) is 1.39. The van der Waals surface area contributed by atoms with Crippen LogP contribution in [0.4, 0.5) is 0 Å². The third-order valence-corrected chi connectivity index (χ3v) is 3.60. The molecule has 0 rings (SSSR count). The summed E-state index contributed by atoms with van der Waals surface area (Å²) >= 11 is 0. The first-order valence-electron chi connectivity index (χ1n) is 7.85. The summed E-state index contributed by atoms with van der Waals surface area (Å²) in [4.78, 5) is 2.61. The molecule has 2 radical (unpaired) electrons. The summed E-state index contributed by atoms with van der Waals surface area (Å²) in [5, 5.41) is 0. The predicted molar refractivity (Wildman–Crippen MR) is 85.3 cm³/mol. The SMILES string of the molecule is CCCCCCCCCCN(C(C)C)C(C)C.[Mg]. The van der Waals surface area contributed by atoms with Gasteiger partial charge >= 0.3 is 0 Å². The minimum atomic E-state index is 0. The minimum absolute atomic E-state index is 0. The summed E-state index contributed by atoms with van der Waals surface area (Å²) in [6.45, 7) is 12.8. The molecule has 0 aromatic rings. The lowest BCUT2D eigenvalue weighted by molar-refractivity contribution is 0.171. The molecule has 0 fully saturated rings. The van der Waals surface area contributed by atoms with Crippen molar-refractivity contribution in [2.24, 2.45) is 0 Å². The van der Waals surface area contributed by atoms with Crippen LogP contribution in [0, 0.1) is 0 Å². The van der Waals surface area contributed by atoms with E-state index in [2.05, 4.69) is 39.5 Å². The van der Waals surface area contributed by atoms with Crippen molar-refractivity contribution >= 4 is 23.1 Å². The molecule has 0 aromatic heterocycles. The molecule has 0 saturated heterocycles. The van der Waals surface area contributed by atoms with E-state index in [1.54, 1.807) is 0 Å². The van der Waals surface area contributed by atoms with Crippen LogP contribution < -0.4 is 0 Å². The first kappa shape index (κ1) is 21.0. The number of hydrogen-bond donors (Lipinski definition) is 0. The van der Waals surface area contributed by atoms with Gasteiger partial charge in [-0.1, -0.05) is 51.9 Å². The minimum Gasteiger partial charge on any atom is -0.299 e. The van der Waals surface area contributed by atoms with Gasteiger partial charge in [0.15, 0.2) is 0 Å². The highest BCUT2D eigenvalue weighted by atomic mass is 24.3. The van der Waals surface area contributed by atoms with Gasteiger partial charge in [-0.2, -0.15) is 0 Å². The van der Waals surface area contributed by atoms with Gasteiger partial charge < -0.3 is 0 Å². The molecule has 0 heterocycles. The zero-order valence-corrected chi connectivity index (χ0v) is 15.1. The molecule has 0 spiro atoms. The monoisotopic (exact) mass is 265 g/mol. The molecule has 0 aromatic carbocycles. The van der Waals surface area contributed by atoms with E-state index < -0.39 is 0 Å². The van der Waals surface area contributed by atoms with E-state index in [9.17, 15) is 0 Å². The first-order chi connectivity index (χ1) is 8.09. The third kappa shape index (κ3) is 11.8. The maximum Gasteiger partial charge on any atom is 0.00412 e. The van der Waals surface area contributed by atoms with Gasteiger partial charge in [0.2, 0.25) is 0 Å². The Balaban J connectivity index is 0. The lowest BCUT2D eigenvalue weighted by Gasteiger charge is -2.30. The van der Waals surface area contributed by atoms with Crippen LogP contribution in [0.25, 0.3) is 0 Å². The molecule has 0 saturated carbocycles. The smallest absolute Gasteiger partial charge is 0.00412 e. The predicted octanol–water partition coefficient (Wildman–Crippen LogP) is 4.87. The van der Waals surface area contributed by atoms with Gasteiger partial charge in [-0.25, -0.2) is 0 Å². The number of nitrogens with zero attached hydrogens (tertiary/aromatic N) is 1. The molecule has 0 aliphatic carbocycles. The van der Waals surface area contributed by atoms with E-state index in [0.29, 0.717) is 12.1 Å². The Morgan fingerprint density at radius 1 is 0.667 bits per heavy atom. The van der Waals surface area contributed by atoms with Gasteiger partial charge in [0.1, 0.15) is 0 Å². The molecular formula is C16H35MgN. The Kier molecular flexibility index (Phi) is 16.5. The van der Waals surface area contributed by atoms with Crippen molar-refractivity contribution < 1.29 is 0 Å². The molecule has 0 aliphatic heterocycles. The van der Waals surface area contributed by atoms with E-state index in [1.165, 1.54) is 57.9 Å². The average molecular weight is 266 g/mol. The fraction of sp³-hybridized carbons (Fsp3) is 1.00. The summed E-state index contributed by atoms with van der Waals surface area (Å²) in [6.07, 6.45) is 11.4. The lowest BCUT2D eigenvalue weighted by Crippen LogP contribution is -2.37. The summed E-state index contributed by atoms with van der Waals surface area (Å²) in [5.74, 6) is 0. The fourth-order valence-corrected chi connectivity index (χ4v) is 2.54. The number of unbranched alkanes of at least 4 members (excludes halogenated alkanes) is 7. The topological polar surface area (TPSA) is 3.24 Å². The van der Waals surface area contributed by atoms with Gasteiger partial charge in [0, 0.05) is 35.1 Å². The summed E-state index contributed by atoms with van der Waals surface area (Å²) in [7, 11) is 0. The second-order valence-corrected chi connectivity index (χ2v) is 5.90. The van der Waals surface area contributed by atoms with E-state index in [1.807, 2.05) is 0 Å². The zero-order chi connectivity index (χ0) is 13.1. The number of hydrogen-bond acceptors (Lipinski definition) is 1. The van der Waals surface area contributed by atoms with Crippen molar-refractivity contribution in [2.75, 3.05) is 6.54 Å². The molecule has 18 heavy (non-hydrogen) atoms. The zero-order valence-electron chi connectivity index (χ0n) is 13.7. The van der Waals surface area contributed by atoms with Crippen LogP contribution >= 0.6 is 0 Å². The molecular weight excluding hydrogens is 230 g/mol. The molecule has 2 heteroatoms. The Morgan fingerprint density at radius 3 is 1.44 bits per heavy atom. The second kappa shape index (κ2) is 14.1. The highest BCUT2D eigenvalue weighted by Crippen LogP contribution is 2.11. The Morgan fingerprint density at radius 2 is 1.06 bits per heavy atom. The van der Waals surface area contributed by atoms with Gasteiger partial charge in [0.05, 0.1) is 0 Å². The highest BCUT2D eigenvalue weighted by molar-refractivity contribution is 5.75. The van der Waals surface area contributed by atoms with Crippen molar-refractivity contribution in [3.8, 4) is 0 Å². The van der Waals surface area contributed by atoms with Gasteiger partial charge in [-0.15, -0.1) is 0 Å². The maximum atomic E-state index is 2.61. The van der Waals surface area contributed by atoms with Crippen LogP contribution in [-0.2, 0) is 0 Å². The largest absolute Gasteiger partial charge is 0.299 e. The Labute approximate surface area is 132 Å². The van der Waals surface area contributed by atoms with Crippen LogP contribution in [0.3, 0.4) is 0 Å². The van der Waals surface area contributed by atoms with Crippen LogP contribution in [0.5, 0.6) is 0 Å². The Hall–Kier alpha value is 0.726. The van der Waals surface area contributed by atoms with Crippen molar-refractivity contribution in [1.82, 2.24) is 4.90 Å². The van der Waals surface area contributed by atoms with Crippen LogP contribution in [0.1, 0.15) is 86.0 Å². The maximum absolute atomic E-state index is 2.61. The van der Waals surface area contributed by atoms with Crippen molar-refractivity contribution in [3.63, 3.8) is 0 Å². The van der Waals surface area contributed by atoms with Crippen molar-refractivity contribution in [3.05, 3.63) is 0 Å². The van der Waals surface area contributed by atoms with E-state index in [4.69, 9.17) is 0 Å². The van der Waals surface area contributed by atoms with Crippen LogP contribution in [0.15, 0.2) is 0 Å². The molecule has 0 N–H and O–H groups in total. The molecule has 0 atom stereocenters. The molecule has 0 aliphatic rings. The first-order valence-corrected chi connectivity index (χ1v) is 7.85. The van der Waals surface area contributed by atoms with Crippen molar-refractivity contribution in [1.29, 1.82) is 0 Å². The normalized spacial score (nSPS) is 11.3. The summed E-state index contributed by atoms with van der Waals surface area (Å²) in [5.41, 5.74) is 0. The fourth-order valence-electron chi connectivity index (χ4n) is 2.54. The summed E-state index contributed by atoms with van der Waals surface area (Å²) < 4.78 is 0. The van der Waals surface area contributed by atoms with Gasteiger partial charge in [-0.05, 0) is 40.7 Å². The van der Waals surface area contributed by atoms with E-state index >= 15 is 0 Å². The lowest BCUT2D eigenvalue weighted by atomic mass is 10.1. The number of rotatable bonds is 11. The standard InChI is InChI=1S/C16H35N.Mg/c1-6-7-8-9-10-11-12-13-14-17(15(2)3)16(4)5;/h15-16H,6-14H2,1-5H3;. The van der Waals surface area contributed by atoms with E-state index in [0.717, 1.165) is 0 Å². The molecule has 0 bridgehead atoms. The second-order valence-electron chi connectivity index (χ2n) is 5.90. The van der Waals surface area contributed by atoms with Crippen LogP contribution in [-0.4, -0.2) is 46.6 Å². The highest BCUT2D eigenvalue weighted by Gasteiger charge is 2.11. The van der Waals surface area contributed by atoms with Crippen LogP contribution in [0.2, 0.25) is 0 Å². The van der Waals surface area contributed by atoms with Gasteiger partial charge in [-0.3, -0.25) is 4.90 Å². The molecule has 106 valence electrons. The quantitative estimate of drug-likeness (QED) is 0.381. The molecule has 0 unspecified atom stereocenters. The van der Waals surface area contributed by atoms with Crippen molar-refractivity contribution in [2.45, 2.75) is 98.1 Å². The van der Waals surface area contributed by atoms with Gasteiger partial charge in [0.25, 0.3) is 0 Å². The molecule has 0 amide bonds. The molecule has 1 nitrogen and oxygen atoms in total. The average Bonchev–Trinajstić information content (AvgIpc) is 2.26. The van der Waals surface area contributed by atoms with E-state index in [-0.39, 0.29) is 23.1 Å². The third-order valence-electron chi connectivity index (χ3n) is 3.60. The Bertz CT molecular complexity index is 149.